The zero-order chi connectivity index (χ0) is 23.0. The summed E-state index contributed by atoms with van der Waals surface area (Å²) >= 11 is 0. The quantitative estimate of drug-likeness (QED) is 0.335. The molecule has 2 aromatic heterocycles. The van der Waals surface area contributed by atoms with Crippen molar-refractivity contribution in [3.63, 3.8) is 0 Å². The monoisotopic (exact) mass is 438 g/mol. The molecule has 0 unspecified atom stereocenters. The predicted molar refractivity (Wildman–Crippen MR) is 133 cm³/mol. The number of rotatable bonds is 3. The molecule has 0 radical (unpaired) electrons. The van der Waals surface area contributed by atoms with Gasteiger partial charge in [0, 0.05) is 23.3 Å². The van der Waals surface area contributed by atoms with Crippen LogP contribution in [0.3, 0.4) is 0 Å². The van der Waals surface area contributed by atoms with Crippen molar-refractivity contribution in [3.8, 4) is 5.69 Å². The predicted octanol–water partition coefficient (Wildman–Crippen LogP) is 5.79. The summed E-state index contributed by atoms with van der Waals surface area (Å²) < 4.78 is 21.3. The lowest BCUT2D eigenvalue weighted by molar-refractivity contribution is 0.00578. The second kappa shape index (κ2) is 6.96. The van der Waals surface area contributed by atoms with Gasteiger partial charge in [0.15, 0.2) is 0 Å². The first-order chi connectivity index (χ1) is 15.8. The third-order valence-corrected chi connectivity index (χ3v) is 7.22. The van der Waals surface area contributed by atoms with Crippen LogP contribution in [0.1, 0.15) is 40.4 Å². The Bertz CT molecular complexity index is 1510. The lowest BCUT2D eigenvalue weighted by atomic mass is 9.76. The highest BCUT2D eigenvalue weighted by Crippen LogP contribution is 2.38. The first kappa shape index (κ1) is 20.5. The molecule has 0 aliphatic carbocycles. The summed E-state index contributed by atoms with van der Waals surface area (Å²) in [5.41, 5.74) is 5.03. The summed E-state index contributed by atoms with van der Waals surface area (Å²) in [6.45, 7) is 10.4. The van der Waals surface area contributed by atoms with Gasteiger partial charge in [-0.2, -0.15) is 0 Å². The number of hydrogen-bond acceptors (Lipinski definition) is 4. The molecule has 0 bridgehead atoms. The summed E-state index contributed by atoms with van der Waals surface area (Å²) in [7, 11) is -0.441. The first-order valence-electron chi connectivity index (χ1n) is 11.6. The molecule has 1 fully saturated rings. The topological polar surface area (TPSA) is 49.4 Å². The number of imidazole rings is 1. The number of nitrogens with zero attached hydrogens (tertiary/aromatic N) is 2. The average molecular weight is 438 g/mol. The number of aryl methyl sites for hydroxylation is 1. The van der Waals surface area contributed by atoms with Crippen molar-refractivity contribution >= 4 is 45.6 Å². The molecule has 33 heavy (non-hydrogen) atoms. The molecule has 6 rings (SSSR count). The molecule has 0 amide bonds. The summed E-state index contributed by atoms with van der Waals surface area (Å²) in [6, 6.07) is 20.7. The summed E-state index contributed by atoms with van der Waals surface area (Å²) in [5, 5.41) is 2.10. The minimum absolute atomic E-state index is 0.397. The lowest BCUT2D eigenvalue weighted by Crippen LogP contribution is -2.41. The smallest absolute Gasteiger partial charge is 0.456 e. The maximum absolute atomic E-state index is 6.36. The SMILES string of the molecule is CCc1nc2ccccc2n1-c1ccc2c(c1)oc1cccc(B3OC(C)(C)C(C)(C)O3)c12. The number of hydrogen-bond donors (Lipinski definition) is 0. The van der Waals surface area contributed by atoms with Crippen LogP contribution in [-0.2, 0) is 15.7 Å². The molecule has 6 heteroatoms. The van der Waals surface area contributed by atoms with Gasteiger partial charge >= 0.3 is 7.12 Å². The van der Waals surface area contributed by atoms with Crippen molar-refractivity contribution in [2.75, 3.05) is 0 Å². The zero-order valence-electron chi connectivity index (χ0n) is 19.7. The highest BCUT2D eigenvalue weighted by atomic mass is 16.7. The molecule has 3 heterocycles. The van der Waals surface area contributed by atoms with Crippen molar-refractivity contribution < 1.29 is 13.7 Å². The van der Waals surface area contributed by atoms with Gasteiger partial charge in [0.2, 0.25) is 0 Å². The second-order valence-electron chi connectivity index (χ2n) is 9.80. The molecule has 0 N–H and O–H groups in total. The highest BCUT2D eigenvalue weighted by Gasteiger charge is 2.52. The Morgan fingerprint density at radius 1 is 0.879 bits per heavy atom. The Balaban J connectivity index is 1.53. The third kappa shape index (κ3) is 2.97. The van der Waals surface area contributed by atoms with Gasteiger partial charge in [-0.1, -0.05) is 31.2 Å². The van der Waals surface area contributed by atoms with Crippen LogP contribution in [0.2, 0.25) is 0 Å². The van der Waals surface area contributed by atoms with Gasteiger partial charge in [-0.15, -0.1) is 0 Å². The van der Waals surface area contributed by atoms with E-state index in [9.17, 15) is 0 Å². The van der Waals surface area contributed by atoms with Crippen LogP contribution in [0.25, 0.3) is 38.7 Å². The fraction of sp³-hybridized carbons (Fsp3) is 0.296. The van der Waals surface area contributed by atoms with Crippen molar-refractivity contribution in [2.24, 2.45) is 0 Å². The van der Waals surface area contributed by atoms with E-state index in [2.05, 4.69) is 81.7 Å². The molecule has 0 spiro atoms. The van der Waals surface area contributed by atoms with Gasteiger partial charge < -0.3 is 13.7 Å². The second-order valence-corrected chi connectivity index (χ2v) is 9.80. The highest BCUT2D eigenvalue weighted by molar-refractivity contribution is 6.66. The van der Waals surface area contributed by atoms with Crippen LogP contribution in [0.5, 0.6) is 0 Å². The van der Waals surface area contributed by atoms with Crippen LogP contribution in [0.15, 0.2) is 65.1 Å². The van der Waals surface area contributed by atoms with Gasteiger partial charge in [-0.05, 0) is 63.5 Å². The molecule has 5 aromatic rings. The summed E-state index contributed by atoms with van der Waals surface area (Å²) in [4.78, 5) is 4.82. The van der Waals surface area contributed by atoms with Crippen LogP contribution < -0.4 is 5.46 Å². The van der Waals surface area contributed by atoms with E-state index in [1.54, 1.807) is 0 Å². The van der Waals surface area contributed by atoms with E-state index >= 15 is 0 Å². The Morgan fingerprint density at radius 3 is 2.39 bits per heavy atom. The molecular weight excluding hydrogens is 411 g/mol. The number of furan rings is 1. The number of fused-ring (bicyclic) bond motifs is 4. The lowest BCUT2D eigenvalue weighted by Gasteiger charge is -2.32. The van der Waals surface area contributed by atoms with Crippen LogP contribution in [0, 0.1) is 0 Å². The molecule has 0 atom stereocenters. The largest absolute Gasteiger partial charge is 0.495 e. The van der Waals surface area contributed by atoms with Gasteiger partial charge in [0.25, 0.3) is 0 Å². The molecular formula is C27H27BN2O3. The maximum atomic E-state index is 6.36. The molecule has 0 saturated carbocycles. The average Bonchev–Trinajstić information content (AvgIpc) is 3.41. The van der Waals surface area contributed by atoms with E-state index in [1.807, 2.05) is 18.2 Å². The fourth-order valence-corrected chi connectivity index (χ4v) is 4.75. The van der Waals surface area contributed by atoms with E-state index < -0.39 is 18.3 Å². The summed E-state index contributed by atoms with van der Waals surface area (Å²) in [6.07, 6.45) is 0.846. The standard InChI is InChI=1S/C27H27BN2O3/c1-6-24-29-20-11-7-8-12-21(20)30(24)17-14-15-18-23(16-17)31-22-13-9-10-19(25(18)22)28-32-26(2,3)27(4,5)33-28/h7-16H,6H2,1-5H3. The van der Waals surface area contributed by atoms with Gasteiger partial charge in [0.1, 0.15) is 17.0 Å². The Kier molecular flexibility index (Phi) is 4.32. The summed E-state index contributed by atoms with van der Waals surface area (Å²) in [5.74, 6) is 1.03. The Hall–Kier alpha value is -3.09. The van der Waals surface area contributed by atoms with E-state index in [0.717, 1.165) is 56.4 Å². The first-order valence-corrected chi connectivity index (χ1v) is 11.6. The van der Waals surface area contributed by atoms with Crippen molar-refractivity contribution in [1.82, 2.24) is 9.55 Å². The zero-order valence-corrected chi connectivity index (χ0v) is 19.7. The van der Waals surface area contributed by atoms with Crippen LogP contribution in [0.4, 0.5) is 0 Å². The van der Waals surface area contributed by atoms with E-state index in [4.69, 9.17) is 18.7 Å². The molecule has 1 saturated heterocycles. The molecule has 5 nitrogen and oxygen atoms in total. The number of benzene rings is 3. The normalized spacial score (nSPS) is 17.5. The number of para-hydroxylation sites is 2. The maximum Gasteiger partial charge on any atom is 0.495 e. The van der Waals surface area contributed by atoms with Gasteiger partial charge in [-0.3, -0.25) is 4.57 Å². The van der Waals surface area contributed by atoms with Crippen molar-refractivity contribution in [1.29, 1.82) is 0 Å². The minimum Gasteiger partial charge on any atom is -0.456 e. The van der Waals surface area contributed by atoms with Crippen molar-refractivity contribution in [2.45, 2.75) is 52.2 Å². The van der Waals surface area contributed by atoms with E-state index in [1.165, 1.54) is 0 Å². The molecule has 3 aromatic carbocycles. The molecule has 1 aliphatic rings. The Morgan fingerprint density at radius 2 is 1.64 bits per heavy atom. The fourth-order valence-electron chi connectivity index (χ4n) is 4.75. The third-order valence-electron chi connectivity index (χ3n) is 7.22. The Labute approximate surface area is 193 Å². The molecule has 1 aliphatic heterocycles. The van der Waals surface area contributed by atoms with E-state index in [-0.39, 0.29) is 0 Å². The minimum atomic E-state index is -0.441. The van der Waals surface area contributed by atoms with Crippen molar-refractivity contribution in [3.05, 3.63) is 66.5 Å². The van der Waals surface area contributed by atoms with E-state index in [0.29, 0.717) is 0 Å². The van der Waals surface area contributed by atoms with Gasteiger partial charge in [-0.25, -0.2) is 4.98 Å². The van der Waals surface area contributed by atoms with Crippen LogP contribution in [-0.4, -0.2) is 27.9 Å². The van der Waals surface area contributed by atoms with Gasteiger partial charge in [0.05, 0.1) is 27.9 Å². The number of aromatic nitrogens is 2. The molecule has 166 valence electrons. The van der Waals surface area contributed by atoms with Crippen LogP contribution >= 0.6 is 0 Å².